The van der Waals surface area contributed by atoms with Gasteiger partial charge < -0.3 is 15.1 Å². The van der Waals surface area contributed by atoms with Gasteiger partial charge in [0.2, 0.25) is 11.6 Å². The van der Waals surface area contributed by atoms with E-state index in [2.05, 4.69) is 15.4 Å². The summed E-state index contributed by atoms with van der Waals surface area (Å²) in [6, 6.07) is 0. The second-order valence-electron chi connectivity index (χ2n) is 4.76. The molecule has 20 heavy (non-hydrogen) atoms. The third-order valence-electron chi connectivity index (χ3n) is 3.27. The van der Waals surface area contributed by atoms with Crippen molar-refractivity contribution in [1.29, 1.82) is 0 Å². The van der Waals surface area contributed by atoms with Gasteiger partial charge in [0.25, 0.3) is 0 Å². The van der Waals surface area contributed by atoms with Crippen molar-refractivity contribution in [3.05, 3.63) is 16.4 Å². The van der Waals surface area contributed by atoms with Gasteiger partial charge in [0.1, 0.15) is 6.33 Å². The number of nitrogen functional groups attached to an aromatic ring is 1. The van der Waals surface area contributed by atoms with Gasteiger partial charge in [-0.2, -0.15) is 0 Å². The predicted molar refractivity (Wildman–Crippen MR) is 73.3 cm³/mol. The van der Waals surface area contributed by atoms with E-state index in [0.717, 1.165) is 19.4 Å². The number of nitro groups is 1. The molecule has 3 N–H and O–H groups in total. The number of aromatic nitrogens is 2. The summed E-state index contributed by atoms with van der Waals surface area (Å²) in [5.41, 5.74) is 2.02. The Hall–Kier alpha value is -2.00. The summed E-state index contributed by atoms with van der Waals surface area (Å²) in [7, 11) is 1.77. The van der Waals surface area contributed by atoms with Gasteiger partial charge in [-0.05, 0) is 18.8 Å². The number of hydrogen-bond donors (Lipinski definition) is 2. The summed E-state index contributed by atoms with van der Waals surface area (Å²) in [5, 5.41) is 11.2. The summed E-state index contributed by atoms with van der Waals surface area (Å²) >= 11 is 0. The van der Waals surface area contributed by atoms with E-state index in [4.69, 9.17) is 10.6 Å². The van der Waals surface area contributed by atoms with Crippen molar-refractivity contribution in [3.63, 3.8) is 0 Å². The highest BCUT2D eigenvalue weighted by atomic mass is 16.6. The topological polar surface area (TPSA) is 119 Å². The Labute approximate surface area is 116 Å². The lowest BCUT2D eigenvalue weighted by molar-refractivity contribution is -0.383. The maximum Gasteiger partial charge on any atom is 0.354 e. The second kappa shape index (κ2) is 6.44. The molecular formula is C11H18N6O3. The van der Waals surface area contributed by atoms with Gasteiger partial charge in [-0.25, -0.2) is 15.8 Å². The van der Waals surface area contributed by atoms with Crippen LogP contribution < -0.4 is 16.2 Å². The molecule has 2 heterocycles. The number of nitrogens with two attached hydrogens (primary N) is 1. The number of ether oxygens (including phenoxy) is 1. The molecule has 9 heteroatoms. The van der Waals surface area contributed by atoms with Gasteiger partial charge >= 0.3 is 5.69 Å². The van der Waals surface area contributed by atoms with Crippen LogP contribution in [0.3, 0.4) is 0 Å². The molecule has 9 nitrogen and oxygen atoms in total. The lowest BCUT2D eigenvalue weighted by atomic mass is 10.0. The Morgan fingerprint density at radius 1 is 1.65 bits per heavy atom. The van der Waals surface area contributed by atoms with Crippen LogP contribution in [0.25, 0.3) is 0 Å². The van der Waals surface area contributed by atoms with Crippen LogP contribution in [0.15, 0.2) is 6.33 Å². The van der Waals surface area contributed by atoms with E-state index in [1.54, 1.807) is 11.9 Å². The standard InChI is InChI=1S/C11H18N6O3/c1-16(5-8-3-2-4-20-6-8)11-9(17(18)19)10(15-12)13-7-14-11/h7-8H,2-6,12H2,1H3,(H,13,14,15). The normalized spacial score (nSPS) is 18.6. The van der Waals surface area contributed by atoms with Gasteiger partial charge in [0, 0.05) is 20.2 Å². The number of hydrazine groups is 1. The highest BCUT2D eigenvalue weighted by Gasteiger charge is 2.26. The SMILES string of the molecule is CN(CC1CCCOC1)c1ncnc(NN)c1[N+](=O)[O-]. The van der Waals surface area contributed by atoms with Crippen LogP contribution in [-0.4, -0.2) is 41.7 Å². The first-order chi connectivity index (χ1) is 9.63. The summed E-state index contributed by atoms with van der Waals surface area (Å²) in [6.07, 6.45) is 3.32. The van der Waals surface area contributed by atoms with Crippen LogP contribution in [0.1, 0.15) is 12.8 Å². The highest BCUT2D eigenvalue weighted by Crippen LogP contribution is 2.31. The van der Waals surface area contributed by atoms with Crippen LogP contribution in [0.4, 0.5) is 17.3 Å². The molecule has 1 aliphatic heterocycles. The summed E-state index contributed by atoms with van der Waals surface area (Å²) in [6.45, 7) is 2.10. The molecule has 0 radical (unpaired) electrons. The zero-order chi connectivity index (χ0) is 14.5. The highest BCUT2D eigenvalue weighted by molar-refractivity contribution is 5.69. The number of hydrogen-bond acceptors (Lipinski definition) is 8. The van der Waals surface area contributed by atoms with Crippen molar-refractivity contribution in [1.82, 2.24) is 9.97 Å². The minimum Gasteiger partial charge on any atom is -0.381 e. The molecule has 0 aliphatic carbocycles. The van der Waals surface area contributed by atoms with Crippen LogP contribution in [-0.2, 0) is 4.74 Å². The number of anilines is 2. The van der Waals surface area contributed by atoms with Crippen LogP contribution in [0.2, 0.25) is 0 Å². The van der Waals surface area contributed by atoms with Gasteiger partial charge in [-0.3, -0.25) is 10.1 Å². The lowest BCUT2D eigenvalue weighted by Crippen LogP contribution is -2.32. The van der Waals surface area contributed by atoms with E-state index < -0.39 is 4.92 Å². The molecule has 1 aromatic rings. The molecule has 1 unspecified atom stereocenters. The average molecular weight is 282 g/mol. The maximum absolute atomic E-state index is 11.2. The Morgan fingerprint density at radius 3 is 3.05 bits per heavy atom. The molecule has 110 valence electrons. The Kier molecular flexibility index (Phi) is 4.64. The minimum atomic E-state index is -0.529. The van der Waals surface area contributed by atoms with Crippen LogP contribution in [0, 0.1) is 16.0 Å². The molecular weight excluding hydrogens is 264 g/mol. The van der Waals surface area contributed by atoms with Gasteiger partial charge in [-0.15, -0.1) is 0 Å². The van der Waals surface area contributed by atoms with E-state index in [9.17, 15) is 10.1 Å². The quantitative estimate of drug-likeness (QED) is 0.456. The van der Waals surface area contributed by atoms with Gasteiger partial charge in [0.15, 0.2) is 0 Å². The van der Waals surface area contributed by atoms with Crippen molar-refractivity contribution in [2.45, 2.75) is 12.8 Å². The maximum atomic E-state index is 11.2. The first kappa shape index (κ1) is 14.4. The zero-order valence-electron chi connectivity index (χ0n) is 11.3. The minimum absolute atomic E-state index is 0.00624. The van der Waals surface area contributed by atoms with E-state index >= 15 is 0 Å². The number of nitrogens with zero attached hydrogens (tertiary/aromatic N) is 4. The molecule has 0 spiro atoms. The molecule has 1 atom stereocenters. The van der Waals surface area contributed by atoms with Crippen LogP contribution >= 0.6 is 0 Å². The van der Waals surface area contributed by atoms with Crippen molar-refractivity contribution in [2.75, 3.05) is 37.1 Å². The smallest absolute Gasteiger partial charge is 0.354 e. The molecule has 0 amide bonds. The van der Waals surface area contributed by atoms with E-state index in [1.165, 1.54) is 6.33 Å². The molecule has 1 aliphatic rings. The Balaban J connectivity index is 2.19. The predicted octanol–water partition coefficient (Wildman–Crippen LogP) is 0.533. The van der Waals surface area contributed by atoms with E-state index in [-0.39, 0.29) is 17.3 Å². The Morgan fingerprint density at radius 2 is 2.45 bits per heavy atom. The molecule has 1 saturated heterocycles. The Bertz CT molecular complexity index is 477. The summed E-state index contributed by atoms with van der Waals surface area (Å²) in [4.78, 5) is 20.2. The second-order valence-corrected chi connectivity index (χ2v) is 4.76. The largest absolute Gasteiger partial charge is 0.381 e. The third kappa shape index (κ3) is 3.11. The van der Waals surface area contributed by atoms with Crippen molar-refractivity contribution in [3.8, 4) is 0 Å². The fourth-order valence-electron chi connectivity index (χ4n) is 2.35. The van der Waals surface area contributed by atoms with Crippen LogP contribution in [0.5, 0.6) is 0 Å². The van der Waals surface area contributed by atoms with E-state index in [1.807, 2.05) is 0 Å². The number of rotatable bonds is 5. The third-order valence-corrected chi connectivity index (χ3v) is 3.27. The fourth-order valence-corrected chi connectivity index (χ4v) is 2.35. The van der Waals surface area contributed by atoms with Gasteiger partial charge in [0.05, 0.1) is 11.5 Å². The summed E-state index contributed by atoms with van der Waals surface area (Å²) < 4.78 is 5.42. The first-order valence-corrected chi connectivity index (χ1v) is 6.38. The molecule has 0 saturated carbocycles. The molecule has 1 fully saturated rings. The van der Waals surface area contributed by atoms with Gasteiger partial charge in [-0.1, -0.05) is 0 Å². The van der Waals surface area contributed by atoms with Crippen molar-refractivity contribution >= 4 is 17.3 Å². The lowest BCUT2D eigenvalue weighted by Gasteiger charge is -2.27. The average Bonchev–Trinajstić information content (AvgIpc) is 2.47. The summed E-state index contributed by atoms with van der Waals surface area (Å²) in [5.74, 6) is 5.86. The van der Waals surface area contributed by atoms with Crippen molar-refractivity contribution in [2.24, 2.45) is 11.8 Å². The first-order valence-electron chi connectivity index (χ1n) is 6.38. The molecule has 0 aromatic carbocycles. The monoisotopic (exact) mass is 282 g/mol. The number of nitrogens with one attached hydrogen (secondary N) is 1. The zero-order valence-corrected chi connectivity index (χ0v) is 11.3. The molecule has 2 rings (SSSR count). The van der Waals surface area contributed by atoms with E-state index in [0.29, 0.717) is 19.1 Å². The molecule has 1 aromatic heterocycles. The molecule has 0 bridgehead atoms. The fraction of sp³-hybridized carbons (Fsp3) is 0.636. The van der Waals surface area contributed by atoms with Crippen molar-refractivity contribution < 1.29 is 9.66 Å².